The van der Waals surface area contributed by atoms with Crippen LogP contribution in [-0.4, -0.2) is 78.4 Å². The molecule has 27 heavy (non-hydrogen) atoms. The molecule has 0 atom stereocenters. The summed E-state index contributed by atoms with van der Waals surface area (Å²) in [7, 11) is -3.10. The van der Waals surface area contributed by atoms with Gasteiger partial charge in [0.15, 0.2) is 15.8 Å². The first-order valence-corrected chi connectivity index (χ1v) is 10.2. The summed E-state index contributed by atoms with van der Waals surface area (Å²) in [6.07, 6.45) is 4.37. The van der Waals surface area contributed by atoms with E-state index in [2.05, 4.69) is 25.6 Å². The summed E-state index contributed by atoms with van der Waals surface area (Å²) < 4.78 is 23.5. The lowest BCUT2D eigenvalue weighted by molar-refractivity contribution is 0.0949. The molecule has 9 nitrogen and oxygen atoms in total. The number of hydrogen-bond donors (Lipinski definition) is 2. The number of amides is 1. The van der Waals surface area contributed by atoms with Gasteiger partial charge in [-0.1, -0.05) is 0 Å². The summed E-state index contributed by atoms with van der Waals surface area (Å²) in [5.74, 6) is 0.459. The minimum Gasteiger partial charge on any atom is -0.357 e. The minimum atomic E-state index is -3.10. The Bertz CT molecular complexity index is 755. The molecule has 0 aromatic carbocycles. The van der Waals surface area contributed by atoms with Crippen molar-refractivity contribution < 1.29 is 13.2 Å². The van der Waals surface area contributed by atoms with Gasteiger partial charge in [-0.3, -0.25) is 14.8 Å². The van der Waals surface area contributed by atoms with Crippen molar-refractivity contribution in [1.29, 1.82) is 0 Å². The van der Waals surface area contributed by atoms with Crippen LogP contribution in [0.15, 0.2) is 23.6 Å². The predicted octanol–water partition coefficient (Wildman–Crippen LogP) is 0.299. The number of aromatic nitrogens is 2. The largest absolute Gasteiger partial charge is 0.357 e. The van der Waals surface area contributed by atoms with Crippen molar-refractivity contribution >= 4 is 45.7 Å². The van der Waals surface area contributed by atoms with Gasteiger partial charge in [0.05, 0.1) is 23.2 Å². The van der Waals surface area contributed by atoms with Gasteiger partial charge in [-0.15, -0.1) is 24.0 Å². The van der Waals surface area contributed by atoms with Crippen LogP contribution in [0.3, 0.4) is 0 Å². The Morgan fingerprint density at radius 3 is 2.67 bits per heavy atom. The second-order valence-electron chi connectivity index (χ2n) is 6.58. The van der Waals surface area contributed by atoms with Gasteiger partial charge in [0, 0.05) is 38.6 Å². The number of aliphatic imine (C=N–C) groups is 1. The Balaban J connectivity index is 0.00000364. The summed E-state index contributed by atoms with van der Waals surface area (Å²) in [5.41, 5.74) is 0.256. The van der Waals surface area contributed by atoms with Gasteiger partial charge >= 0.3 is 0 Å². The van der Waals surface area contributed by atoms with Crippen LogP contribution in [-0.2, 0) is 9.84 Å². The molecule has 1 saturated heterocycles. The molecule has 0 radical (unpaired) electrons. The zero-order valence-corrected chi connectivity index (χ0v) is 19.0. The van der Waals surface area contributed by atoms with Crippen molar-refractivity contribution in [3.63, 3.8) is 0 Å². The molecule has 1 aliphatic heterocycles. The van der Waals surface area contributed by atoms with Crippen molar-refractivity contribution in [2.45, 2.75) is 25.5 Å². The molecule has 1 fully saturated rings. The molecule has 152 valence electrons. The maximum absolute atomic E-state index is 12.2. The van der Waals surface area contributed by atoms with Crippen LogP contribution < -0.4 is 10.6 Å². The summed E-state index contributed by atoms with van der Waals surface area (Å²) in [6.45, 7) is 7.61. The van der Waals surface area contributed by atoms with Gasteiger partial charge in [-0.2, -0.15) is 0 Å². The van der Waals surface area contributed by atoms with E-state index in [1.165, 1.54) is 18.6 Å². The van der Waals surface area contributed by atoms with Gasteiger partial charge in [0.2, 0.25) is 0 Å². The van der Waals surface area contributed by atoms with Crippen molar-refractivity contribution in [1.82, 2.24) is 25.5 Å². The van der Waals surface area contributed by atoms with Gasteiger partial charge < -0.3 is 15.5 Å². The highest BCUT2D eigenvalue weighted by molar-refractivity contribution is 14.0. The molecule has 0 unspecified atom stereocenters. The van der Waals surface area contributed by atoms with Crippen molar-refractivity contribution in [3.05, 3.63) is 24.3 Å². The number of hydrogen-bond acceptors (Lipinski definition) is 6. The highest BCUT2D eigenvalue weighted by Gasteiger charge is 2.40. The summed E-state index contributed by atoms with van der Waals surface area (Å²) in [5, 5.41) is 5.92. The Morgan fingerprint density at radius 1 is 1.33 bits per heavy atom. The number of rotatable bonds is 5. The van der Waals surface area contributed by atoms with E-state index in [1.54, 1.807) is 13.8 Å². The van der Waals surface area contributed by atoms with E-state index in [1.807, 2.05) is 11.8 Å². The standard InChI is InChI=1S/C16H26N6O3S.HI/c1-4-18-15(22-9-10-26(24,25)16(2,3)12-22)21-8-7-20-14(23)13-11-17-5-6-19-13;/h5-6,11H,4,7-10,12H2,1-3H3,(H,18,21)(H,20,23);1H. The molecule has 1 aromatic rings. The van der Waals surface area contributed by atoms with Crippen LogP contribution in [0.4, 0.5) is 0 Å². The molecule has 0 spiro atoms. The second kappa shape index (κ2) is 10.2. The number of sulfone groups is 1. The SMILES string of the molecule is CCNC(=NCCNC(=O)c1cnccn1)N1CCS(=O)(=O)C(C)(C)C1.I. The van der Waals surface area contributed by atoms with E-state index in [0.29, 0.717) is 38.7 Å². The Labute approximate surface area is 177 Å². The molecule has 1 amide bonds. The molecule has 1 aliphatic rings. The number of guanidine groups is 1. The predicted molar refractivity (Wildman–Crippen MR) is 115 cm³/mol. The molecule has 0 saturated carbocycles. The summed E-state index contributed by atoms with van der Waals surface area (Å²) in [6, 6.07) is 0. The second-order valence-corrected chi connectivity index (χ2v) is 9.33. The van der Waals surface area contributed by atoms with Crippen LogP contribution in [0.25, 0.3) is 0 Å². The first kappa shape index (κ1) is 23.5. The zero-order valence-electron chi connectivity index (χ0n) is 15.8. The molecule has 2 rings (SSSR count). The lowest BCUT2D eigenvalue weighted by Gasteiger charge is -2.39. The Morgan fingerprint density at radius 2 is 2.07 bits per heavy atom. The lowest BCUT2D eigenvalue weighted by Crippen LogP contribution is -2.57. The average molecular weight is 510 g/mol. The fourth-order valence-electron chi connectivity index (χ4n) is 2.59. The van der Waals surface area contributed by atoms with E-state index >= 15 is 0 Å². The first-order chi connectivity index (χ1) is 12.3. The average Bonchev–Trinajstić information content (AvgIpc) is 2.60. The fourth-order valence-corrected chi connectivity index (χ4v) is 3.95. The molecular formula is C16H27IN6O3S. The molecule has 0 aliphatic carbocycles. The third kappa shape index (κ3) is 6.26. The molecule has 0 bridgehead atoms. The van der Waals surface area contributed by atoms with Gasteiger partial charge in [-0.25, -0.2) is 13.4 Å². The van der Waals surface area contributed by atoms with Crippen LogP contribution in [0, 0.1) is 0 Å². The molecule has 1 aromatic heterocycles. The summed E-state index contributed by atoms with van der Waals surface area (Å²) in [4.78, 5) is 26.2. The van der Waals surface area contributed by atoms with E-state index in [4.69, 9.17) is 0 Å². The smallest absolute Gasteiger partial charge is 0.271 e. The molecule has 11 heteroatoms. The van der Waals surface area contributed by atoms with Gasteiger partial charge in [0.1, 0.15) is 5.69 Å². The number of carbonyl (C=O) groups excluding carboxylic acids is 1. The summed E-state index contributed by atoms with van der Waals surface area (Å²) >= 11 is 0. The Kier molecular flexibility index (Phi) is 8.85. The van der Waals surface area contributed by atoms with Gasteiger partial charge in [0.25, 0.3) is 5.91 Å². The number of carbonyl (C=O) groups is 1. The maximum atomic E-state index is 12.2. The topological polar surface area (TPSA) is 117 Å². The van der Waals surface area contributed by atoms with Crippen LogP contribution in [0.2, 0.25) is 0 Å². The molecule has 2 heterocycles. The van der Waals surface area contributed by atoms with E-state index in [-0.39, 0.29) is 41.3 Å². The monoisotopic (exact) mass is 510 g/mol. The van der Waals surface area contributed by atoms with E-state index < -0.39 is 14.6 Å². The Hall–Kier alpha value is -1.50. The normalized spacial score (nSPS) is 18.3. The third-order valence-corrected chi connectivity index (χ3v) is 6.67. The number of halogens is 1. The highest BCUT2D eigenvalue weighted by atomic mass is 127. The van der Waals surface area contributed by atoms with Crippen molar-refractivity contribution in [2.24, 2.45) is 4.99 Å². The first-order valence-electron chi connectivity index (χ1n) is 8.56. The molecule has 2 N–H and O–H groups in total. The van der Waals surface area contributed by atoms with Crippen LogP contribution >= 0.6 is 24.0 Å². The van der Waals surface area contributed by atoms with Crippen molar-refractivity contribution in [3.8, 4) is 0 Å². The quantitative estimate of drug-likeness (QED) is 0.253. The van der Waals surface area contributed by atoms with E-state index in [9.17, 15) is 13.2 Å². The van der Waals surface area contributed by atoms with Crippen LogP contribution in [0.1, 0.15) is 31.3 Å². The van der Waals surface area contributed by atoms with Crippen molar-refractivity contribution in [2.75, 3.05) is 38.5 Å². The molecular weight excluding hydrogens is 483 g/mol. The fraction of sp³-hybridized carbons (Fsp3) is 0.625. The number of nitrogens with one attached hydrogen (secondary N) is 2. The maximum Gasteiger partial charge on any atom is 0.271 e. The van der Waals surface area contributed by atoms with E-state index in [0.717, 1.165) is 0 Å². The lowest BCUT2D eigenvalue weighted by atomic mass is 10.2. The third-order valence-electron chi connectivity index (χ3n) is 4.13. The zero-order chi connectivity index (χ0) is 19.2. The minimum absolute atomic E-state index is 0. The van der Waals surface area contributed by atoms with Gasteiger partial charge in [-0.05, 0) is 20.8 Å². The number of nitrogens with zero attached hydrogens (tertiary/aromatic N) is 4. The highest BCUT2D eigenvalue weighted by Crippen LogP contribution is 2.23. The van der Waals surface area contributed by atoms with Crippen LogP contribution in [0.5, 0.6) is 0 Å².